The van der Waals surface area contributed by atoms with Crippen molar-refractivity contribution in [3.05, 3.63) is 68.9 Å². The van der Waals surface area contributed by atoms with Gasteiger partial charge in [0.25, 0.3) is 0 Å². The highest BCUT2D eigenvalue weighted by atomic mass is 79.9. The molecule has 11 heteroatoms. The fraction of sp³-hybridized carbons (Fsp3) is 0.250. The lowest BCUT2D eigenvalue weighted by atomic mass is 10.2. The number of hydrogen-bond donors (Lipinski definition) is 1. The summed E-state index contributed by atoms with van der Waals surface area (Å²) in [6.45, 7) is 2.62. The molecule has 0 aliphatic heterocycles. The van der Waals surface area contributed by atoms with Crippen molar-refractivity contribution in [2.45, 2.75) is 30.1 Å². The van der Waals surface area contributed by atoms with Crippen LogP contribution in [0.25, 0.3) is 0 Å². The third-order valence-corrected chi connectivity index (χ3v) is 7.10. The number of carbonyl (C=O) groups is 1. The third-order valence-electron chi connectivity index (χ3n) is 4.16. The van der Waals surface area contributed by atoms with Gasteiger partial charge >= 0.3 is 0 Å². The Labute approximate surface area is 200 Å². The van der Waals surface area contributed by atoms with E-state index in [0.717, 1.165) is 28.2 Å². The number of nitrogens with one attached hydrogen (secondary N) is 1. The molecule has 0 radical (unpaired) electrons. The Hall–Kier alpha value is -1.62. The van der Waals surface area contributed by atoms with E-state index in [2.05, 4.69) is 31.4 Å². The lowest BCUT2D eigenvalue weighted by Gasteiger charge is -2.10. The summed E-state index contributed by atoms with van der Waals surface area (Å²) in [6, 6.07) is 9.50. The van der Waals surface area contributed by atoms with Gasteiger partial charge in [-0.2, -0.15) is 0 Å². The lowest BCUT2D eigenvalue weighted by molar-refractivity contribution is -0.113. The molecule has 0 aliphatic carbocycles. The highest BCUT2D eigenvalue weighted by Crippen LogP contribution is 2.28. The van der Waals surface area contributed by atoms with E-state index in [-0.39, 0.29) is 15.9 Å². The molecule has 0 bridgehead atoms. The zero-order valence-corrected chi connectivity index (χ0v) is 20.3. The molecule has 1 heterocycles. The smallest absolute Gasteiger partial charge is 0.234 e. The van der Waals surface area contributed by atoms with E-state index in [1.54, 1.807) is 11.8 Å². The molecule has 0 spiro atoms. The second-order valence-electron chi connectivity index (χ2n) is 6.31. The van der Waals surface area contributed by atoms with Crippen molar-refractivity contribution in [1.82, 2.24) is 14.8 Å². The molecule has 31 heavy (non-hydrogen) atoms. The fourth-order valence-electron chi connectivity index (χ4n) is 2.69. The van der Waals surface area contributed by atoms with E-state index in [4.69, 9.17) is 11.6 Å². The molecule has 164 valence electrons. The Kier molecular flexibility index (Phi) is 8.76. The average Bonchev–Trinajstić information content (AvgIpc) is 3.12. The summed E-state index contributed by atoms with van der Waals surface area (Å²) in [7, 11) is 0. The van der Waals surface area contributed by atoms with Crippen molar-refractivity contribution >= 4 is 62.6 Å². The Morgan fingerprint density at radius 2 is 2.00 bits per heavy atom. The molecule has 2 aromatic carbocycles. The molecule has 5 nitrogen and oxygen atoms in total. The molecule has 1 aromatic heterocycles. The van der Waals surface area contributed by atoms with Crippen molar-refractivity contribution in [3.8, 4) is 0 Å². The van der Waals surface area contributed by atoms with Crippen molar-refractivity contribution in [3.63, 3.8) is 0 Å². The van der Waals surface area contributed by atoms with Gasteiger partial charge in [0.1, 0.15) is 11.6 Å². The third kappa shape index (κ3) is 6.44. The zero-order valence-electron chi connectivity index (χ0n) is 16.4. The number of halogens is 4. The van der Waals surface area contributed by atoms with Gasteiger partial charge < -0.3 is 9.88 Å². The number of amides is 1. The van der Waals surface area contributed by atoms with Gasteiger partial charge in [-0.05, 0) is 40.5 Å². The summed E-state index contributed by atoms with van der Waals surface area (Å²) in [5, 5.41) is 12.2. The van der Waals surface area contributed by atoms with Crippen LogP contribution in [0.3, 0.4) is 0 Å². The minimum absolute atomic E-state index is 0.00809. The topological polar surface area (TPSA) is 59.8 Å². The monoisotopic (exact) mass is 546 g/mol. The molecule has 0 fully saturated rings. The highest BCUT2D eigenvalue weighted by Gasteiger charge is 2.16. The molecule has 0 unspecified atom stereocenters. The summed E-state index contributed by atoms with van der Waals surface area (Å²) < 4.78 is 29.2. The maximum Gasteiger partial charge on any atom is 0.234 e. The van der Waals surface area contributed by atoms with Gasteiger partial charge in [0, 0.05) is 27.9 Å². The predicted molar refractivity (Wildman–Crippen MR) is 126 cm³/mol. The minimum Gasteiger partial charge on any atom is -0.322 e. The van der Waals surface area contributed by atoms with Crippen molar-refractivity contribution in [2.24, 2.45) is 0 Å². The number of anilines is 1. The first kappa shape index (κ1) is 24.0. The molecule has 1 N–H and O–H groups in total. The quantitative estimate of drug-likeness (QED) is 0.325. The average molecular weight is 548 g/mol. The normalized spacial score (nSPS) is 11.0. The summed E-state index contributed by atoms with van der Waals surface area (Å²) >= 11 is 12.1. The van der Waals surface area contributed by atoms with Crippen LogP contribution in [0.5, 0.6) is 0 Å². The van der Waals surface area contributed by atoms with E-state index in [9.17, 15) is 13.6 Å². The Morgan fingerprint density at radius 3 is 2.71 bits per heavy atom. The standard InChI is InChI=1S/C20H18BrClF2N4OS2/c1-2-28-17(10-30-9-12-5-3-4-6-15(12)22)26-27-20(28)31-11-18(29)25-19-14(21)7-13(23)8-16(19)24/h3-8H,2,9-11H2,1H3,(H,25,29). The second kappa shape index (κ2) is 11.3. The number of rotatable bonds is 9. The van der Waals surface area contributed by atoms with Crippen LogP contribution in [-0.4, -0.2) is 26.4 Å². The van der Waals surface area contributed by atoms with Gasteiger partial charge in [-0.25, -0.2) is 8.78 Å². The largest absolute Gasteiger partial charge is 0.322 e. The van der Waals surface area contributed by atoms with Crippen LogP contribution < -0.4 is 5.32 Å². The Bertz CT molecular complexity index is 1060. The Morgan fingerprint density at radius 1 is 1.23 bits per heavy atom. The maximum absolute atomic E-state index is 13.9. The second-order valence-corrected chi connectivity index (χ2v) is 9.50. The van der Waals surface area contributed by atoms with Crippen LogP contribution in [0.2, 0.25) is 5.02 Å². The van der Waals surface area contributed by atoms with Gasteiger partial charge in [0.2, 0.25) is 5.91 Å². The van der Waals surface area contributed by atoms with Gasteiger partial charge in [-0.15, -0.1) is 22.0 Å². The molecule has 3 rings (SSSR count). The van der Waals surface area contributed by atoms with Crippen LogP contribution in [0, 0.1) is 11.6 Å². The van der Waals surface area contributed by atoms with Crippen LogP contribution in [0.4, 0.5) is 14.5 Å². The molecule has 3 aromatic rings. The predicted octanol–water partition coefficient (Wildman–Crippen LogP) is 6.16. The van der Waals surface area contributed by atoms with Crippen molar-refractivity contribution in [1.29, 1.82) is 0 Å². The van der Waals surface area contributed by atoms with E-state index < -0.39 is 17.5 Å². The molecule has 0 atom stereocenters. The van der Waals surface area contributed by atoms with Gasteiger partial charge in [-0.3, -0.25) is 4.79 Å². The molecule has 0 aliphatic rings. The summed E-state index contributed by atoms with van der Waals surface area (Å²) in [5.74, 6) is 0.193. The van der Waals surface area contributed by atoms with Crippen LogP contribution >= 0.6 is 51.1 Å². The van der Waals surface area contributed by atoms with Crippen LogP contribution in [0.15, 0.2) is 46.0 Å². The van der Waals surface area contributed by atoms with E-state index in [1.165, 1.54) is 11.8 Å². The SMILES string of the molecule is CCn1c(CSCc2ccccc2Cl)nnc1SCC(=O)Nc1c(F)cc(F)cc1Br. The molecular weight excluding hydrogens is 530 g/mol. The first-order valence-corrected chi connectivity index (χ1v) is 12.5. The number of thioether (sulfide) groups is 2. The van der Waals surface area contributed by atoms with Gasteiger partial charge in [-0.1, -0.05) is 41.6 Å². The van der Waals surface area contributed by atoms with Crippen LogP contribution in [-0.2, 0) is 22.8 Å². The minimum atomic E-state index is -0.847. The highest BCUT2D eigenvalue weighted by molar-refractivity contribution is 9.10. The number of carbonyl (C=O) groups excluding carboxylic acids is 1. The molecule has 1 amide bonds. The van der Waals surface area contributed by atoms with E-state index in [1.807, 2.05) is 35.8 Å². The molecular formula is C20H18BrClF2N4OS2. The van der Waals surface area contributed by atoms with Gasteiger partial charge in [0.05, 0.1) is 17.2 Å². The number of nitrogens with zero attached hydrogens (tertiary/aromatic N) is 3. The maximum atomic E-state index is 13.9. The Balaban J connectivity index is 1.57. The van der Waals surface area contributed by atoms with Gasteiger partial charge in [0.15, 0.2) is 11.0 Å². The molecule has 0 saturated heterocycles. The summed E-state index contributed by atoms with van der Waals surface area (Å²) in [4.78, 5) is 12.3. The zero-order chi connectivity index (χ0) is 22.4. The van der Waals surface area contributed by atoms with Crippen LogP contribution in [0.1, 0.15) is 18.3 Å². The molecule has 0 saturated carbocycles. The van der Waals surface area contributed by atoms with Crippen molar-refractivity contribution < 1.29 is 13.6 Å². The lowest BCUT2D eigenvalue weighted by Crippen LogP contribution is -2.16. The first-order valence-electron chi connectivity index (χ1n) is 9.19. The van der Waals surface area contributed by atoms with E-state index >= 15 is 0 Å². The number of benzene rings is 2. The fourth-order valence-corrected chi connectivity index (χ4v) is 5.27. The first-order chi connectivity index (χ1) is 14.9. The number of hydrogen-bond acceptors (Lipinski definition) is 5. The summed E-state index contributed by atoms with van der Waals surface area (Å²) in [6.07, 6.45) is 0. The summed E-state index contributed by atoms with van der Waals surface area (Å²) in [5.41, 5.74) is 0.961. The number of aromatic nitrogens is 3. The van der Waals surface area contributed by atoms with Crippen molar-refractivity contribution in [2.75, 3.05) is 11.1 Å². The van der Waals surface area contributed by atoms with E-state index in [0.29, 0.717) is 23.5 Å².